The van der Waals surface area contributed by atoms with E-state index in [1.165, 1.54) is 12.1 Å². The molecule has 0 atom stereocenters. The number of hydrogen-bond donors (Lipinski definition) is 3. The third kappa shape index (κ3) is 6.16. The number of halogens is 4. The summed E-state index contributed by atoms with van der Waals surface area (Å²) in [5.74, 6) is -2.27. The summed E-state index contributed by atoms with van der Waals surface area (Å²) in [5, 5.41) is 14.8. The lowest BCUT2D eigenvalue weighted by molar-refractivity contribution is -0.138. The Labute approximate surface area is 206 Å². The van der Waals surface area contributed by atoms with E-state index < -0.39 is 34.6 Å². The van der Waals surface area contributed by atoms with E-state index in [0.717, 1.165) is 25.4 Å². The Morgan fingerprint density at radius 3 is 2.42 bits per heavy atom. The maximum absolute atomic E-state index is 14.6. The van der Waals surface area contributed by atoms with Crippen LogP contribution in [-0.2, 0) is 11.0 Å². The van der Waals surface area contributed by atoms with Gasteiger partial charge in [0, 0.05) is 35.1 Å². The molecule has 1 saturated heterocycles. The monoisotopic (exact) mass is 511 g/mol. The molecule has 0 spiro atoms. The van der Waals surface area contributed by atoms with Crippen LogP contribution in [0, 0.1) is 5.82 Å². The van der Waals surface area contributed by atoms with Crippen LogP contribution >= 0.6 is 0 Å². The van der Waals surface area contributed by atoms with Crippen LogP contribution in [0.4, 0.5) is 35.0 Å². The molecule has 0 bridgehead atoms. The topological polar surface area (TPSA) is 99.6 Å². The number of ether oxygens (including phenoxy) is 1. The number of aliphatic carboxylic acids is 1. The zero-order chi connectivity index (χ0) is 26.9. The van der Waals surface area contributed by atoms with Gasteiger partial charge in [-0.05, 0) is 58.7 Å². The van der Waals surface area contributed by atoms with E-state index in [0.29, 0.717) is 12.8 Å². The number of methoxy groups -OCH3 is 1. The Kier molecular flexibility index (Phi) is 7.37. The first kappa shape index (κ1) is 27.0. The molecular weight excluding hydrogens is 482 g/mol. The molecule has 0 saturated carbocycles. The third-order valence-corrected chi connectivity index (χ3v) is 6.01. The number of hydrogen-bond acceptors (Lipinski definition) is 7. The molecule has 12 heteroatoms. The van der Waals surface area contributed by atoms with E-state index in [9.17, 15) is 22.4 Å². The number of alkyl halides is 3. The van der Waals surface area contributed by atoms with Crippen molar-refractivity contribution in [2.45, 2.75) is 63.8 Å². The Morgan fingerprint density at radius 2 is 1.86 bits per heavy atom. The van der Waals surface area contributed by atoms with Gasteiger partial charge in [-0.15, -0.1) is 0 Å². The van der Waals surface area contributed by atoms with Gasteiger partial charge in [-0.25, -0.2) is 14.2 Å². The highest BCUT2D eigenvalue weighted by atomic mass is 19.4. The number of aromatic nitrogens is 2. The smallest absolute Gasteiger partial charge is 0.420 e. The second-order valence-electron chi connectivity index (χ2n) is 9.83. The van der Waals surface area contributed by atoms with Crippen LogP contribution in [-0.4, -0.2) is 50.2 Å². The second-order valence-corrected chi connectivity index (χ2v) is 9.83. The summed E-state index contributed by atoms with van der Waals surface area (Å²) < 4.78 is 59.4. The summed E-state index contributed by atoms with van der Waals surface area (Å²) in [5.41, 5.74) is -1.84. The standard InChI is InChI=1S/C24H29F4N5O3/c1-22(2)11-15(12-23(3,4)33(22)9-8-19(34)35)30-20-17(25)13-29-21(32-20)31-14-6-7-18(36-5)16(10-14)24(26,27)28/h6-10,13,15H,11-12H2,1-5H3,(H,34,35)(H2,29,30,31,32). The van der Waals surface area contributed by atoms with Crippen molar-refractivity contribution >= 4 is 23.4 Å². The fourth-order valence-corrected chi connectivity index (χ4v) is 4.80. The molecule has 1 fully saturated rings. The highest BCUT2D eigenvalue weighted by Crippen LogP contribution is 2.40. The fourth-order valence-electron chi connectivity index (χ4n) is 4.80. The number of piperidine rings is 1. The molecular formula is C24H29F4N5O3. The van der Waals surface area contributed by atoms with Crippen molar-refractivity contribution < 1.29 is 32.2 Å². The molecule has 0 radical (unpaired) electrons. The Bertz CT molecular complexity index is 1130. The molecule has 1 aliphatic heterocycles. The summed E-state index contributed by atoms with van der Waals surface area (Å²) in [6, 6.07) is 3.19. The van der Waals surface area contributed by atoms with E-state index in [4.69, 9.17) is 9.84 Å². The van der Waals surface area contributed by atoms with E-state index in [1.807, 2.05) is 32.6 Å². The lowest BCUT2D eigenvalue weighted by atomic mass is 9.77. The van der Waals surface area contributed by atoms with Crippen LogP contribution in [0.25, 0.3) is 0 Å². The first-order chi connectivity index (χ1) is 16.6. The number of carboxylic acid groups (broad SMARTS) is 1. The van der Waals surface area contributed by atoms with Crippen molar-refractivity contribution in [1.82, 2.24) is 14.9 Å². The van der Waals surface area contributed by atoms with Crippen molar-refractivity contribution in [2.75, 3.05) is 17.7 Å². The van der Waals surface area contributed by atoms with Crippen LogP contribution in [0.1, 0.15) is 46.1 Å². The zero-order valence-corrected chi connectivity index (χ0v) is 20.6. The van der Waals surface area contributed by atoms with Crippen molar-refractivity contribution in [1.29, 1.82) is 0 Å². The zero-order valence-electron chi connectivity index (χ0n) is 20.6. The molecule has 2 heterocycles. The molecule has 36 heavy (non-hydrogen) atoms. The normalized spacial score (nSPS) is 17.8. The minimum Gasteiger partial charge on any atom is -0.496 e. The molecule has 3 rings (SSSR count). The summed E-state index contributed by atoms with van der Waals surface area (Å²) in [6.07, 6.45) is 0.0268. The van der Waals surface area contributed by atoms with E-state index >= 15 is 0 Å². The van der Waals surface area contributed by atoms with Crippen molar-refractivity contribution in [2.24, 2.45) is 0 Å². The Morgan fingerprint density at radius 1 is 1.22 bits per heavy atom. The molecule has 0 unspecified atom stereocenters. The van der Waals surface area contributed by atoms with Gasteiger partial charge >= 0.3 is 12.1 Å². The van der Waals surface area contributed by atoms with Gasteiger partial charge in [-0.2, -0.15) is 18.2 Å². The van der Waals surface area contributed by atoms with Crippen LogP contribution < -0.4 is 15.4 Å². The van der Waals surface area contributed by atoms with Crippen molar-refractivity contribution in [3.63, 3.8) is 0 Å². The molecule has 1 aromatic heterocycles. The molecule has 1 aliphatic rings. The van der Waals surface area contributed by atoms with Crippen LogP contribution in [0.15, 0.2) is 36.7 Å². The van der Waals surface area contributed by atoms with Gasteiger partial charge in [0.1, 0.15) is 5.75 Å². The number of nitrogens with zero attached hydrogens (tertiary/aromatic N) is 3. The number of nitrogens with one attached hydrogen (secondary N) is 2. The summed E-state index contributed by atoms with van der Waals surface area (Å²) in [6.45, 7) is 7.83. The number of carbonyl (C=O) groups is 1. The Hall–Kier alpha value is -3.57. The highest BCUT2D eigenvalue weighted by molar-refractivity contribution is 5.79. The third-order valence-electron chi connectivity index (χ3n) is 6.01. The number of rotatable bonds is 7. The van der Waals surface area contributed by atoms with Gasteiger partial charge in [0.2, 0.25) is 5.95 Å². The average Bonchev–Trinajstić information content (AvgIpc) is 2.73. The summed E-state index contributed by atoms with van der Waals surface area (Å²) >= 11 is 0. The molecule has 0 amide bonds. The minimum atomic E-state index is -4.63. The van der Waals surface area contributed by atoms with Gasteiger partial charge in [-0.3, -0.25) is 0 Å². The maximum atomic E-state index is 14.6. The highest BCUT2D eigenvalue weighted by Gasteiger charge is 2.44. The van der Waals surface area contributed by atoms with E-state index in [1.54, 1.807) is 6.20 Å². The van der Waals surface area contributed by atoms with Crippen molar-refractivity contribution in [3.8, 4) is 5.75 Å². The molecule has 1 aromatic carbocycles. The predicted molar refractivity (Wildman–Crippen MR) is 127 cm³/mol. The summed E-state index contributed by atoms with van der Waals surface area (Å²) in [7, 11) is 1.15. The first-order valence-electron chi connectivity index (χ1n) is 11.1. The van der Waals surface area contributed by atoms with Gasteiger partial charge in [0.05, 0.1) is 18.9 Å². The van der Waals surface area contributed by atoms with Gasteiger partial charge in [0.15, 0.2) is 11.6 Å². The molecule has 8 nitrogen and oxygen atoms in total. The molecule has 3 N–H and O–H groups in total. The molecule has 196 valence electrons. The number of carboxylic acids is 1. The quantitative estimate of drug-likeness (QED) is 0.335. The van der Waals surface area contributed by atoms with Gasteiger partial charge in [-0.1, -0.05) is 0 Å². The lowest BCUT2D eigenvalue weighted by Crippen LogP contribution is -2.60. The van der Waals surface area contributed by atoms with E-state index in [2.05, 4.69) is 20.6 Å². The van der Waals surface area contributed by atoms with E-state index in [-0.39, 0.29) is 29.2 Å². The maximum Gasteiger partial charge on any atom is 0.420 e. The minimum absolute atomic E-state index is 0.0569. The largest absolute Gasteiger partial charge is 0.496 e. The SMILES string of the molecule is COc1ccc(Nc2ncc(F)c(NC3CC(C)(C)N(C=CC(=O)O)C(C)(C)C3)n2)cc1C(F)(F)F. The van der Waals surface area contributed by atoms with Gasteiger partial charge in [0.25, 0.3) is 0 Å². The first-order valence-corrected chi connectivity index (χ1v) is 11.1. The lowest BCUT2D eigenvalue weighted by Gasteiger charge is -2.55. The average molecular weight is 512 g/mol. The number of anilines is 3. The number of benzene rings is 1. The van der Waals surface area contributed by atoms with Crippen LogP contribution in [0.3, 0.4) is 0 Å². The Balaban J connectivity index is 1.82. The van der Waals surface area contributed by atoms with Crippen molar-refractivity contribution in [3.05, 3.63) is 48.1 Å². The number of likely N-dealkylation sites (tertiary alicyclic amines) is 1. The molecule has 0 aliphatic carbocycles. The van der Waals surface area contributed by atoms with Gasteiger partial charge < -0.3 is 25.4 Å². The second kappa shape index (κ2) is 9.82. The van der Waals surface area contributed by atoms with Crippen LogP contribution in [0.2, 0.25) is 0 Å². The fraction of sp³-hybridized carbons (Fsp3) is 0.458. The van der Waals surface area contributed by atoms with Crippen LogP contribution in [0.5, 0.6) is 5.75 Å². The summed E-state index contributed by atoms with van der Waals surface area (Å²) in [4.78, 5) is 21.0. The predicted octanol–water partition coefficient (Wildman–Crippen LogP) is 5.42. The molecule has 2 aromatic rings.